The maximum atomic E-state index is 14.8. The summed E-state index contributed by atoms with van der Waals surface area (Å²) in [6, 6.07) is 12.2. The highest BCUT2D eigenvalue weighted by atomic mass is 35.5. The smallest absolute Gasteiger partial charge is 0.434 e. The van der Waals surface area contributed by atoms with Gasteiger partial charge in [-0.3, -0.25) is 4.79 Å². The van der Waals surface area contributed by atoms with Crippen LogP contribution in [0.3, 0.4) is 0 Å². The number of nitrogens with zero attached hydrogens (tertiary/aromatic N) is 4. The van der Waals surface area contributed by atoms with Gasteiger partial charge in [0, 0.05) is 24.0 Å². The number of nitrogens with one attached hydrogen (secondary N) is 2. The van der Waals surface area contributed by atoms with Gasteiger partial charge in [0.2, 0.25) is 11.8 Å². The summed E-state index contributed by atoms with van der Waals surface area (Å²) in [6.07, 6.45) is -3.00. The SMILES string of the molecule is O=C(Nc1ccc(Oc2ccnc(Nc3ccc(F)cc3Cl)n2)c(F)c1)c1cnn(-c2ccc(F)cc2)c1C(F)(F)F. The third-order valence-corrected chi connectivity index (χ3v) is 5.88. The first-order chi connectivity index (χ1) is 20.0. The van der Waals surface area contributed by atoms with Crippen molar-refractivity contribution in [3.8, 4) is 17.3 Å². The molecule has 8 nitrogen and oxygen atoms in total. The van der Waals surface area contributed by atoms with Gasteiger partial charge in [-0.05, 0) is 54.6 Å². The van der Waals surface area contributed by atoms with Crippen molar-refractivity contribution in [2.75, 3.05) is 10.6 Å². The van der Waals surface area contributed by atoms with E-state index in [0.717, 1.165) is 42.5 Å². The minimum Gasteiger partial charge on any atom is -0.436 e. The van der Waals surface area contributed by atoms with Crippen LogP contribution >= 0.6 is 11.6 Å². The van der Waals surface area contributed by atoms with E-state index in [-0.39, 0.29) is 34.0 Å². The number of amides is 1. The number of ether oxygens (including phenoxy) is 1. The summed E-state index contributed by atoms with van der Waals surface area (Å²) in [6.45, 7) is 0. The van der Waals surface area contributed by atoms with E-state index in [9.17, 15) is 31.1 Å². The lowest BCUT2D eigenvalue weighted by molar-refractivity contribution is -0.143. The monoisotopic (exact) mass is 604 g/mol. The van der Waals surface area contributed by atoms with Gasteiger partial charge in [-0.2, -0.15) is 23.3 Å². The second-order valence-corrected chi connectivity index (χ2v) is 8.87. The molecule has 0 aliphatic heterocycles. The molecular weight excluding hydrogens is 590 g/mol. The Hall–Kier alpha value is -5.11. The van der Waals surface area contributed by atoms with Crippen LogP contribution in [-0.4, -0.2) is 25.7 Å². The van der Waals surface area contributed by atoms with Gasteiger partial charge < -0.3 is 15.4 Å². The number of hydrogen-bond acceptors (Lipinski definition) is 6. The lowest BCUT2D eigenvalue weighted by Gasteiger charge is -2.13. The molecule has 2 N–H and O–H groups in total. The lowest BCUT2D eigenvalue weighted by atomic mass is 10.2. The molecule has 214 valence electrons. The number of hydrogen-bond donors (Lipinski definition) is 2. The molecule has 0 aliphatic rings. The Bertz CT molecular complexity index is 1780. The Labute approximate surface area is 237 Å². The summed E-state index contributed by atoms with van der Waals surface area (Å²) in [7, 11) is 0. The van der Waals surface area contributed by atoms with E-state index in [1.165, 1.54) is 30.5 Å². The highest BCUT2D eigenvalue weighted by molar-refractivity contribution is 6.33. The molecule has 2 aromatic heterocycles. The number of benzene rings is 3. The average Bonchev–Trinajstić information content (AvgIpc) is 3.39. The van der Waals surface area contributed by atoms with Gasteiger partial charge in [0.1, 0.15) is 11.6 Å². The van der Waals surface area contributed by atoms with Crippen molar-refractivity contribution in [3.63, 3.8) is 0 Å². The van der Waals surface area contributed by atoms with Crippen molar-refractivity contribution in [2.45, 2.75) is 6.18 Å². The topological polar surface area (TPSA) is 94.0 Å². The molecule has 0 aliphatic carbocycles. The van der Waals surface area contributed by atoms with Crippen molar-refractivity contribution >= 4 is 34.8 Å². The Balaban J connectivity index is 1.32. The fraction of sp³-hybridized carbons (Fsp3) is 0.0370. The summed E-state index contributed by atoms with van der Waals surface area (Å²) >= 11 is 5.98. The summed E-state index contributed by atoms with van der Waals surface area (Å²) in [5, 5.41) is 8.68. The Morgan fingerprint density at radius 1 is 0.929 bits per heavy atom. The van der Waals surface area contributed by atoms with E-state index in [2.05, 4.69) is 25.7 Å². The van der Waals surface area contributed by atoms with E-state index in [0.29, 0.717) is 16.6 Å². The first-order valence-corrected chi connectivity index (χ1v) is 12.1. The van der Waals surface area contributed by atoms with Crippen molar-refractivity contribution in [1.82, 2.24) is 19.7 Å². The van der Waals surface area contributed by atoms with E-state index in [1.54, 1.807) is 0 Å². The molecule has 0 bridgehead atoms. The zero-order chi connectivity index (χ0) is 30.0. The van der Waals surface area contributed by atoms with Crippen molar-refractivity contribution in [1.29, 1.82) is 0 Å². The maximum Gasteiger partial charge on any atom is 0.434 e. The number of anilines is 3. The van der Waals surface area contributed by atoms with Crippen LogP contribution in [0.4, 0.5) is 43.7 Å². The van der Waals surface area contributed by atoms with Gasteiger partial charge in [0.25, 0.3) is 5.91 Å². The number of halogens is 7. The Kier molecular flexibility index (Phi) is 7.72. The van der Waals surface area contributed by atoms with Crippen LogP contribution in [0.1, 0.15) is 16.1 Å². The van der Waals surface area contributed by atoms with Crippen LogP contribution in [0.5, 0.6) is 11.6 Å². The molecule has 5 aromatic rings. The minimum atomic E-state index is -5.01. The fourth-order valence-corrected chi connectivity index (χ4v) is 3.92. The fourth-order valence-electron chi connectivity index (χ4n) is 3.71. The van der Waals surface area contributed by atoms with E-state index < -0.39 is 40.8 Å². The number of aromatic nitrogens is 4. The van der Waals surface area contributed by atoms with Crippen molar-refractivity contribution in [3.05, 3.63) is 113 Å². The summed E-state index contributed by atoms with van der Waals surface area (Å²) in [5.41, 5.74) is -2.24. The Morgan fingerprint density at radius 2 is 1.67 bits per heavy atom. The Morgan fingerprint density at radius 3 is 2.36 bits per heavy atom. The molecule has 0 spiro atoms. The molecule has 1 amide bonds. The van der Waals surface area contributed by atoms with Crippen LogP contribution in [0, 0.1) is 17.5 Å². The van der Waals surface area contributed by atoms with Gasteiger partial charge in [0.05, 0.1) is 28.2 Å². The highest BCUT2D eigenvalue weighted by Gasteiger charge is 2.40. The average molecular weight is 605 g/mol. The molecule has 5 rings (SSSR count). The number of carbonyl (C=O) groups is 1. The summed E-state index contributed by atoms with van der Waals surface area (Å²) in [5.74, 6) is -3.80. The number of alkyl halides is 3. The van der Waals surface area contributed by atoms with Crippen LogP contribution < -0.4 is 15.4 Å². The van der Waals surface area contributed by atoms with Crippen LogP contribution in [0.25, 0.3) is 5.69 Å². The number of carbonyl (C=O) groups excluding carboxylic acids is 1. The van der Waals surface area contributed by atoms with Gasteiger partial charge in [-0.1, -0.05) is 11.6 Å². The molecule has 15 heteroatoms. The van der Waals surface area contributed by atoms with Gasteiger partial charge in [0.15, 0.2) is 17.3 Å². The van der Waals surface area contributed by atoms with Crippen LogP contribution in [0.2, 0.25) is 5.02 Å². The summed E-state index contributed by atoms with van der Waals surface area (Å²) in [4.78, 5) is 20.8. The zero-order valence-corrected chi connectivity index (χ0v) is 21.5. The largest absolute Gasteiger partial charge is 0.436 e. The van der Waals surface area contributed by atoms with Gasteiger partial charge in [-0.25, -0.2) is 22.8 Å². The normalized spacial score (nSPS) is 11.3. The minimum absolute atomic E-state index is 0.00644. The maximum absolute atomic E-state index is 14.8. The molecule has 42 heavy (non-hydrogen) atoms. The standard InChI is InChI=1S/C27H15ClF6N6O2/c28-19-11-15(30)3-7-21(19)38-26-35-10-9-23(39-26)42-22-8-4-16(12-20(22)31)37-25(41)18-13-36-40(24(18)27(32,33)34)17-5-1-14(29)2-6-17/h1-13H,(H,37,41)(H,35,38,39). The molecule has 3 aromatic carbocycles. The van der Waals surface area contributed by atoms with Crippen LogP contribution in [-0.2, 0) is 6.18 Å². The molecule has 0 fully saturated rings. The van der Waals surface area contributed by atoms with E-state index in [1.807, 2.05) is 0 Å². The summed E-state index contributed by atoms with van der Waals surface area (Å²) < 4.78 is 88.9. The first kappa shape index (κ1) is 28.4. The third kappa shape index (κ3) is 6.28. The van der Waals surface area contributed by atoms with Crippen molar-refractivity contribution in [2.24, 2.45) is 0 Å². The van der Waals surface area contributed by atoms with Crippen molar-refractivity contribution < 1.29 is 35.9 Å². The second kappa shape index (κ2) is 11.4. The zero-order valence-electron chi connectivity index (χ0n) is 20.8. The van der Waals surface area contributed by atoms with Gasteiger partial charge >= 0.3 is 6.18 Å². The third-order valence-electron chi connectivity index (χ3n) is 5.57. The van der Waals surface area contributed by atoms with Crippen LogP contribution in [0.15, 0.2) is 79.1 Å². The molecule has 0 saturated carbocycles. The predicted octanol–water partition coefficient (Wildman–Crippen LogP) is 7.54. The molecule has 0 radical (unpaired) electrons. The molecular formula is C27H15ClF6N6O2. The number of rotatable bonds is 7. The second-order valence-electron chi connectivity index (χ2n) is 8.46. The first-order valence-electron chi connectivity index (χ1n) is 11.7. The molecule has 0 saturated heterocycles. The molecule has 0 atom stereocenters. The predicted molar refractivity (Wildman–Crippen MR) is 140 cm³/mol. The molecule has 0 unspecified atom stereocenters. The quantitative estimate of drug-likeness (QED) is 0.186. The lowest BCUT2D eigenvalue weighted by Crippen LogP contribution is -2.20. The van der Waals surface area contributed by atoms with E-state index in [4.69, 9.17) is 16.3 Å². The van der Waals surface area contributed by atoms with Gasteiger partial charge in [-0.15, -0.1) is 0 Å². The highest BCUT2D eigenvalue weighted by Crippen LogP contribution is 2.34. The molecule has 2 heterocycles. The van der Waals surface area contributed by atoms with E-state index >= 15 is 0 Å².